The number of rotatable bonds is 11. The summed E-state index contributed by atoms with van der Waals surface area (Å²) in [5.41, 5.74) is -1.23. The molecule has 1 atom stereocenters. The molecule has 0 bridgehead atoms. The van der Waals surface area contributed by atoms with E-state index in [9.17, 15) is 14.7 Å². The van der Waals surface area contributed by atoms with Gasteiger partial charge in [-0.15, -0.1) is 0 Å². The molecule has 0 saturated carbocycles. The fourth-order valence-corrected chi connectivity index (χ4v) is 5.70. The molecule has 2 N–H and O–H groups in total. The summed E-state index contributed by atoms with van der Waals surface area (Å²) in [4.78, 5) is 29.9. The summed E-state index contributed by atoms with van der Waals surface area (Å²) in [6, 6.07) is 0.834. The van der Waals surface area contributed by atoms with Crippen molar-refractivity contribution in [3.8, 4) is 5.75 Å². The number of amides is 1. The maximum Gasteiger partial charge on any atom is 0.249 e. The molecule has 3 rings (SSSR count). The highest BCUT2D eigenvalue weighted by Gasteiger charge is 2.42. The Balaban J connectivity index is 1.82. The van der Waals surface area contributed by atoms with E-state index in [4.69, 9.17) is 13.7 Å². The third-order valence-electron chi connectivity index (χ3n) is 5.73. The second kappa shape index (κ2) is 11.9. The predicted molar refractivity (Wildman–Crippen MR) is 128 cm³/mol. The summed E-state index contributed by atoms with van der Waals surface area (Å²) >= 11 is 3.45. The number of aromatic nitrogens is 2. The van der Waals surface area contributed by atoms with E-state index in [1.165, 1.54) is 6.07 Å². The second-order valence-corrected chi connectivity index (χ2v) is 10.4. The number of ether oxygens (including phenoxy) is 1. The van der Waals surface area contributed by atoms with Gasteiger partial charge in [-0.3, -0.25) is 9.59 Å². The van der Waals surface area contributed by atoms with Crippen molar-refractivity contribution in [2.75, 3.05) is 37.2 Å². The van der Waals surface area contributed by atoms with Gasteiger partial charge in [0.1, 0.15) is 11.8 Å². The summed E-state index contributed by atoms with van der Waals surface area (Å²) in [5.74, 6) is 3.33. The number of aromatic hydroxyl groups is 1. The lowest BCUT2D eigenvalue weighted by Gasteiger charge is -2.36. The van der Waals surface area contributed by atoms with E-state index in [1.54, 1.807) is 37.6 Å². The average molecular weight is 498 g/mol. The molecular weight excluding hydrogens is 466 g/mol. The highest BCUT2D eigenvalue weighted by Crippen LogP contribution is 2.44. The van der Waals surface area contributed by atoms with Crippen LogP contribution in [0.25, 0.3) is 0 Å². The highest BCUT2D eigenvalue weighted by atomic mass is 32.2. The number of hydrogen-bond acceptors (Lipinski definition) is 10. The van der Waals surface area contributed by atoms with Gasteiger partial charge in [0.15, 0.2) is 11.6 Å². The Kier molecular flexibility index (Phi) is 9.27. The Hall–Kier alpha value is -1.98. The standard InChI is InChI=1S/C22H31N3O6S2/c1-14-12-16(26)19(28)20(30-14)22(6-10-33-11-7-22)13-18(27)23-15(5-9-32-3)21-24-17(25-31-21)4-8-29-2/h12,15,28H,4-11,13H2,1-3H3,(H,23,27). The first-order valence-electron chi connectivity index (χ1n) is 10.9. The normalized spacial score (nSPS) is 16.5. The summed E-state index contributed by atoms with van der Waals surface area (Å²) in [6.45, 7) is 2.15. The van der Waals surface area contributed by atoms with Gasteiger partial charge in [-0.1, -0.05) is 5.16 Å². The molecule has 3 heterocycles. The molecule has 1 aliphatic heterocycles. The molecule has 1 amide bonds. The van der Waals surface area contributed by atoms with Gasteiger partial charge in [0, 0.05) is 31.4 Å². The summed E-state index contributed by atoms with van der Waals surface area (Å²) in [5, 5.41) is 17.5. The van der Waals surface area contributed by atoms with Crippen LogP contribution in [-0.2, 0) is 21.4 Å². The van der Waals surface area contributed by atoms with Gasteiger partial charge in [0.2, 0.25) is 23.0 Å². The van der Waals surface area contributed by atoms with Gasteiger partial charge in [-0.05, 0) is 49.7 Å². The first-order chi connectivity index (χ1) is 15.9. The van der Waals surface area contributed by atoms with Gasteiger partial charge < -0.3 is 24.1 Å². The minimum absolute atomic E-state index is 0.0912. The molecule has 33 heavy (non-hydrogen) atoms. The van der Waals surface area contributed by atoms with Crippen molar-refractivity contribution >= 4 is 29.4 Å². The Morgan fingerprint density at radius 1 is 1.42 bits per heavy atom. The molecule has 1 saturated heterocycles. The smallest absolute Gasteiger partial charge is 0.249 e. The SMILES string of the molecule is COCCc1noc(C(CCSC)NC(=O)CC2(c3oc(C)cc(=O)c3O)CCSCC2)n1. The van der Waals surface area contributed by atoms with Crippen LogP contribution in [0.1, 0.15) is 55.0 Å². The maximum atomic E-state index is 13.3. The van der Waals surface area contributed by atoms with E-state index in [2.05, 4.69) is 15.5 Å². The highest BCUT2D eigenvalue weighted by molar-refractivity contribution is 7.99. The number of hydrogen-bond donors (Lipinski definition) is 2. The van der Waals surface area contributed by atoms with Gasteiger partial charge in [-0.2, -0.15) is 28.5 Å². The Morgan fingerprint density at radius 3 is 2.88 bits per heavy atom. The zero-order valence-corrected chi connectivity index (χ0v) is 20.9. The van der Waals surface area contributed by atoms with Gasteiger partial charge in [0.25, 0.3) is 0 Å². The first-order valence-corrected chi connectivity index (χ1v) is 13.4. The molecule has 0 aliphatic carbocycles. The topological polar surface area (TPSA) is 128 Å². The van der Waals surface area contributed by atoms with Crippen LogP contribution in [0.15, 0.2) is 19.8 Å². The number of nitrogens with zero attached hydrogens (tertiary/aromatic N) is 2. The van der Waals surface area contributed by atoms with Crippen LogP contribution in [0.3, 0.4) is 0 Å². The van der Waals surface area contributed by atoms with Crippen molar-refractivity contribution in [3.05, 3.63) is 39.5 Å². The molecular formula is C22H31N3O6S2. The molecule has 0 spiro atoms. The van der Waals surface area contributed by atoms with Crippen molar-refractivity contribution in [1.29, 1.82) is 0 Å². The van der Waals surface area contributed by atoms with Crippen molar-refractivity contribution in [1.82, 2.24) is 15.5 Å². The van der Waals surface area contributed by atoms with E-state index < -0.39 is 22.6 Å². The fraction of sp³-hybridized carbons (Fsp3) is 0.636. The van der Waals surface area contributed by atoms with Crippen LogP contribution in [0.4, 0.5) is 0 Å². The third-order valence-corrected chi connectivity index (χ3v) is 7.36. The molecule has 2 aromatic heterocycles. The molecule has 1 aliphatic rings. The largest absolute Gasteiger partial charge is 0.502 e. The fourth-order valence-electron chi connectivity index (χ4n) is 3.96. The second-order valence-electron chi connectivity index (χ2n) is 8.16. The van der Waals surface area contributed by atoms with Crippen molar-refractivity contribution in [3.63, 3.8) is 0 Å². The van der Waals surface area contributed by atoms with Crippen LogP contribution in [0.5, 0.6) is 5.75 Å². The van der Waals surface area contributed by atoms with Gasteiger partial charge in [-0.25, -0.2) is 0 Å². The van der Waals surface area contributed by atoms with Crippen molar-refractivity contribution in [2.24, 2.45) is 0 Å². The van der Waals surface area contributed by atoms with E-state index in [0.717, 1.165) is 17.3 Å². The minimum atomic E-state index is -0.743. The lowest BCUT2D eigenvalue weighted by Crippen LogP contribution is -2.39. The van der Waals surface area contributed by atoms with Crippen LogP contribution < -0.4 is 10.7 Å². The first kappa shape index (κ1) is 25.6. The van der Waals surface area contributed by atoms with Crippen LogP contribution in [-0.4, -0.2) is 58.4 Å². The lowest BCUT2D eigenvalue weighted by atomic mass is 9.75. The van der Waals surface area contributed by atoms with Crippen molar-refractivity contribution < 1.29 is 23.6 Å². The molecule has 2 aromatic rings. The third kappa shape index (κ3) is 6.54. The molecule has 1 unspecified atom stereocenters. The van der Waals surface area contributed by atoms with Crippen LogP contribution >= 0.6 is 23.5 Å². The average Bonchev–Trinajstić information content (AvgIpc) is 3.27. The molecule has 11 heteroatoms. The molecule has 1 fully saturated rings. The monoisotopic (exact) mass is 497 g/mol. The van der Waals surface area contributed by atoms with E-state index >= 15 is 0 Å². The Morgan fingerprint density at radius 2 is 2.18 bits per heavy atom. The van der Waals surface area contributed by atoms with E-state index in [0.29, 0.717) is 49.8 Å². The summed E-state index contributed by atoms with van der Waals surface area (Å²) in [7, 11) is 1.61. The zero-order valence-electron chi connectivity index (χ0n) is 19.2. The number of thioether (sulfide) groups is 2. The molecule has 182 valence electrons. The number of carbonyl (C=O) groups is 1. The Labute approximate surface area is 201 Å². The predicted octanol–water partition coefficient (Wildman–Crippen LogP) is 2.99. The van der Waals surface area contributed by atoms with Gasteiger partial charge in [0.05, 0.1) is 6.61 Å². The number of carbonyl (C=O) groups excluding carboxylic acids is 1. The molecule has 0 aromatic carbocycles. The Bertz CT molecular complexity index is 987. The zero-order chi connectivity index (χ0) is 23.8. The van der Waals surface area contributed by atoms with Crippen LogP contribution in [0, 0.1) is 6.92 Å². The maximum absolute atomic E-state index is 13.3. The quantitative estimate of drug-likeness (QED) is 0.478. The summed E-state index contributed by atoms with van der Waals surface area (Å²) < 4.78 is 16.3. The molecule has 0 radical (unpaired) electrons. The summed E-state index contributed by atoms with van der Waals surface area (Å²) in [6.07, 6.45) is 4.49. The lowest BCUT2D eigenvalue weighted by molar-refractivity contribution is -0.123. The van der Waals surface area contributed by atoms with E-state index in [1.807, 2.05) is 6.26 Å². The van der Waals surface area contributed by atoms with Crippen molar-refractivity contribution in [2.45, 2.75) is 50.5 Å². The van der Waals surface area contributed by atoms with Crippen LogP contribution in [0.2, 0.25) is 0 Å². The number of nitrogens with one attached hydrogen (secondary N) is 1. The number of methoxy groups -OCH3 is 1. The number of aryl methyl sites for hydroxylation is 1. The molecule has 9 nitrogen and oxygen atoms in total. The van der Waals surface area contributed by atoms with E-state index in [-0.39, 0.29) is 18.1 Å². The van der Waals surface area contributed by atoms with Gasteiger partial charge >= 0.3 is 0 Å². The minimum Gasteiger partial charge on any atom is -0.502 e.